The van der Waals surface area contributed by atoms with Crippen molar-refractivity contribution >= 4 is 28.3 Å². The Labute approximate surface area is 156 Å². The highest BCUT2D eigenvalue weighted by Crippen LogP contribution is 2.23. The fraction of sp³-hybridized carbons (Fsp3) is 0.500. The number of esters is 1. The molecule has 1 fully saturated rings. The number of aryl methyl sites for hydroxylation is 2. The summed E-state index contributed by atoms with van der Waals surface area (Å²) in [5, 5.41) is 0.301. The van der Waals surface area contributed by atoms with Crippen LogP contribution in [0.4, 0.5) is 5.00 Å². The molecule has 2 aromatic heterocycles. The molecule has 7 nitrogen and oxygen atoms in total. The average Bonchev–Trinajstić information content (AvgIpc) is 3.30. The summed E-state index contributed by atoms with van der Waals surface area (Å²) in [6.45, 7) is 6.77. The zero-order chi connectivity index (χ0) is 18.8. The van der Waals surface area contributed by atoms with Gasteiger partial charge in [-0.15, -0.1) is 0 Å². The van der Waals surface area contributed by atoms with E-state index in [1.165, 1.54) is 0 Å². The van der Waals surface area contributed by atoms with Gasteiger partial charge in [0, 0.05) is 30.1 Å². The van der Waals surface area contributed by atoms with Gasteiger partial charge in [0.05, 0.1) is 11.8 Å². The van der Waals surface area contributed by atoms with Gasteiger partial charge in [0.25, 0.3) is 0 Å². The van der Waals surface area contributed by atoms with Crippen LogP contribution >= 0.6 is 11.5 Å². The Hall–Kier alpha value is -2.19. The van der Waals surface area contributed by atoms with Crippen molar-refractivity contribution in [1.29, 1.82) is 0 Å². The van der Waals surface area contributed by atoms with Crippen LogP contribution in [0.25, 0.3) is 0 Å². The number of nitrogens with zero attached hydrogens (tertiary/aromatic N) is 2. The number of carbonyl (C=O) groups excluding carboxylic acids is 2. The highest BCUT2D eigenvalue weighted by atomic mass is 32.1. The molecule has 1 atom stereocenters. The molecular formula is C18H23N3O4S. The summed E-state index contributed by atoms with van der Waals surface area (Å²) < 4.78 is 17.0. The third kappa shape index (κ3) is 3.66. The minimum Gasteiger partial charge on any atom is -0.454 e. The normalized spacial score (nSPS) is 16.8. The van der Waals surface area contributed by atoms with Crippen LogP contribution in [0.2, 0.25) is 0 Å². The molecule has 1 aliphatic heterocycles. The molecule has 0 saturated carbocycles. The van der Waals surface area contributed by atoms with Crippen LogP contribution in [-0.4, -0.2) is 40.0 Å². The Morgan fingerprint density at radius 2 is 2.19 bits per heavy atom. The van der Waals surface area contributed by atoms with E-state index in [-0.39, 0.29) is 24.1 Å². The maximum Gasteiger partial charge on any atom is 0.343 e. The largest absolute Gasteiger partial charge is 0.454 e. The summed E-state index contributed by atoms with van der Waals surface area (Å²) in [5.41, 5.74) is 8.93. The van der Waals surface area contributed by atoms with E-state index >= 15 is 0 Å². The number of Topliss-reactive ketones (excluding diaryl/α,β-unsaturated/α-hetero) is 1. The number of nitrogens with two attached hydrogens (primary N) is 1. The topological polar surface area (TPSA) is 96.4 Å². The van der Waals surface area contributed by atoms with Crippen LogP contribution in [0.5, 0.6) is 0 Å². The molecule has 0 aliphatic carbocycles. The lowest BCUT2D eigenvalue weighted by Gasteiger charge is -2.14. The van der Waals surface area contributed by atoms with E-state index in [4.69, 9.17) is 15.2 Å². The second-order valence-corrected chi connectivity index (χ2v) is 7.34. The second-order valence-electron chi connectivity index (χ2n) is 6.54. The minimum absolute atomic E-state index is 0.192. The first-order valence-electron chi connectivity index (χ1n) is 8.59. The molecule has 0 unspecified atom stereocenters. The van der Waals surface area contributed by atoms with Crippen molar-refractivity contribution in [2.45, 2.75) is 46.3 Å². The van der Waals surface area contributed by atoms with E-state index in [0.29, 0.717) is 16.3 Å². The van der Waals surface area contributed by atoms with Gasteiger partial charge in [-0.3, -0.25) is 4.79 Å². The van der Waals surface area contributed by atoms with Crippen molar-refractivity contribution < 1.29 is 19.1 Å². The van der Waals surface area contributed by atoms with E-state index in [1.807, 2.05) is 19.9 Å². The summed E-state index contributed by atoms with van der Waals surface area (Å²) in [6, 6.07) is 1.84. The number of rotatable bonds is 6. The number of ether oxygens (including phenoxy) is 2. The van der Waals surface area contributed by atoms with Crippen LogP contribution in [-0.2, 0) is 16.0 Å². The van der Waals surface area contributed by atoms with Gasteiger partial charge in [-0.25, -0.2) is 4.79 Å². The monoisotopic (exact) mass is 377 g/mol. The first-order valence-corrected chi connectivity index (χ1v) is 9.36. The Bertz CT molecular complexity index is 814. The van der Waals surface area contributed by atoms with Gasteiger partial charge in [-0.05, 0) is 51.2 Å². The first kappa shape index (κ1) is 18.6. The highest BCUT2D eigenvalue weighted by Gasteiger charge is 2.23. The van der Waals surface area contributed by atoms with Crippen LogP contribution in [0.3, 0.4) is 0 Å². The molecule has 0 amide bonds. The molecule has 0 radical (unpaired) electrons. The van der Waals surface area contributed by atoms with Gasteiger partial charge in [-0.2, -0.15) is 4.37 Å². The van der Waals surface area contributed by atoms with Crippen molar-refractivity contribution in [3.63, 3.8) is 0 Å². The van der Waals surface area contributed by atoms with E-state index in [1.54, 1.807) is 6.92 Å². The molecule has 1 aliphatic rings. The average molecular weight is 377 g/mol. The Morgan fingerprint density at radius 3 is 2.81 bits per heavy atom. The van der Waals surface area contributed by atoms with E-state index in [0.717, 1.165) is 48.9 Å². The standard InChI is InChI=1S/C18H23N3O4S/c1-10-7-14(12(3)21(10)8-13-5-4-6-24-13)15(22)9-25-18(23)16-11(2)20-26-17(16)19/h7,13H,4-6,8-9,19H2,1-3H3/t13-/m0/s1. The lowest BCUT2D eigenvalue weighted by Crippen LogP contribution is -2.18. The van der Waals surface area contributed by atoms with Crippen molar-refractivity contribution in [1.82, 2.24) is 8.94 Å². The Balaban J connectivity index is 1.67. The van der Waals surface area contributed by atoms with Gasteiger partial charge >= 0.3 is 5.97 Å². The summed E-state index contributed by atoms with van der Waals surface area (Å²) in [7, 11) is 0. The number of hydrogen-bond acceptors (Lipinski definition) is 7. The van der Waals surface area contributed by atoms with Crippen LogP contribution in [0.1, 0.15) is 50.6 Å². The van der Waals surface area contributed by atoms with Gasteiger partial charge in [0.2, 0.25) is 5.78 Å². The third-order valence-corrected chi connectivity index (χ3v) is 5.48. The second kappa shape index (κ2) is 7.59. The SMILES string of the molecule is Cc1nsc(N)c1C(=O)OCC(=O)c1cc(C)n(C[C@@H]2CCCO2)c1C. The maximum atomic E-state index is 12.5. The molecular weight excluding hydrogens is 354 g/mol. The van der Waals surface area contributed by atoms with Crippen LogP contribution in [0.15, 0.2) is 6.07 Å². The smallest absolute Gasteiger partial charge is 0.343 e. The molecule has 1 saturated heterocycles. The number of anilines is 1. The van der Waals surface area contributed by atoms with Crippen LogP contribution in [0, 0.1) is 20.8 Å². The number of hydrogen-bond donors (Lipinski definition) is 1. The Kier molecular flexibility index (Phi) is 5.43. The molecule has 2 N–H and O–H groups in total. The number of carbonyl (C=O) groups is 2. The summed E-state index contributed by atoms with van der Waals surface area (Å²) in [5.74, 6) is -0.847. The van der Waals surface area contributed by atoms with Crippen molar-refractivity contribution in [2.75, 3.05) is 18.9 Å². The zero-order valence-corrected chi connectivity index (χ0v) is 16.0. The highest BCUT2D eigenvalue weighted by molar-refractivity contribution is 7.10. The lowest BCUT2D eigenvalue weighted by atomic mass is 10.1. The van der Waals surface area contributed by atoms with Crippen molar-refractivity contribution in [3.05, 3.63) is 34.3 Å². The summed E-state index contributed by atoms with van der Waals surface area (Å²) in [4.78, 5) is 24.7. The van der Waals surface area contributed by atoms with Gasteiger partial charge in [0.1, 0.15) is 10.6 Å². The van der Waals surface area contributed by atoms with Gasteiger partial charge in [-0.1, -0.05) is 0 Å². The number of ketones is 1. The van der Waals surface area contributed by atoms with Crippen LogP contribution < -0.4 is 5.73 Å². The molecule has 140 valence electrons. The Morgan fingerprint density at radius 1 is 1.42 bits per heavy atom. The maximum absolute atomic E-state index is 12.5. The predicted octanol–water partition coefficient (Wildman–Crippen LogP) is 2.67. The fourth-order valence-corrected chi connectivity index (χ4v) is 3.92. The minimum atomic E-state index is -0.615. The van der Waals surface area contributed by atoms with E-state index < -0.39 is 5.97 Å². The predicted molar refractivity (Wildman–Crippen MR) is 98.8 cm³/mol. The quantitative estimate of drug-likeness (QED) is 0.614. The molecule has 2 aromatic rings. The van der Waals surface area contributed by atoms with Gasteiger partial charge < -0.3 is 19.8 Å². The van der Waals surface area contributed by atoms with E-state index in [2.05, 4.69) is 8.94 Å². The first-order chi connectivity index (χ1) is 12.4. The number of aromatic nitrogens is 2. The third-order valence-electron chi connectivity index (χ3n) is 4.71. The van der Waals surface area contributed by atoms with E-state index in [9.17, 15) is 9.59 Å². The number of nitrogen functional groups attached to an aromatic ring is 1. The molecule has 3 heterocycles. The molecule has 0 aromatic carbocycles. The molecule has 0 bridgehead atoms. The zero-order valence-electron chi connectivity index (χ0n) is 15.2. The molecule has 3 rings (SSSR count). The van der Waals surface area contributed by atoms with Gasteiger partial charge in [0.15, 0.2) is 6.61 Å². The molecule has 26 heavy (non-hydrogen) atoms. The summed E-state index contributed by atoms with van der Waals surface area (Å²) in [6.07, 6.45) is 2.30. The fourth-order valence-electron chi connectivity index (χ4n) is 3.27. The molecule has 8 heteroatoms. The molecule has 0 spiro atoms. The van der Waals surface area contributed by atoms with Crippen molar-refractivity contribution in [2.24, 2.45) is 0 Å². The lowest BCUT2D eigenvalue weighted by molar-refractivity contribution is 0.0475. The summed E-state index contributed by atoms with van der Waals surface area (Å²) >= 11 is 1.04. The van der Waals surface area contributed by atoms with Crippen molar-refractivity contribution in [3.8, 4) is 0 Å².